The Morgan fingerprint density at radius 1 is 1.17 bits per heavy atom. The molecule has 4 nitrogen and oxygen atoms in total. The third kappa shape index (κ3) is 5.45. The summed E-state index contributed by atoms with van der Waals surface area (Å²) in [4.78, 5) is 12.1. The van der Waals surface area contributed by atoms with Gasteiger partial charge < -0.3 is 14.8 Å². The predicted molar refractivity (Wildman–Crippen MR) is 91.8 cm³/mol. The number of hydrogen-bond donors (Lipinski definition) is 1. The van der Waals surface area contributed by atoms with Crippen LogP contribution in [0.1, 0.15) is 46.0 Å². The fourth-order valence-electron chi connectivity index (χ4n) is 3.16. The smallest absolute Gasteiger partial charge is 0.220 e. The Balaban J connectivity index is 1.64. The van der Waals surface area contributed by atoms with Gasteiger partial charge >= 0.3 is 0 Å². The third-order valence-electron chi connectivity index (χ3n) is 4.93. The number of rotatable bonds is 7. The van der Waals surface area contributed by atoms with Crippen LogP contribution in [0.2, 0.25) is 0 Å². The van der Waals surface area contributed by atoms with E-state index in [4.69, 9.17) is 9.47 Å². The molecule has 1 amide bonds. The van der Waals surface area contributed by atoms with Crippen LogP contribution in [-0.4, -0.2) is 25.7 Å². The molecule has 4 heteroatoms. The third-order valence-corrected chi connectivity index (χ3v) is 4.93. The van der Waals surface area contributed by atoms with Crippen LogP contribution < -0.4 is 14.8 Å². The molecule has 0 bridgehead atoms. The molecule has 1 aliphatic carbocycles. The second-order valence-electron chi connectivity index (χ2n) is 6.57. The van der Waals surface area contributed by atoms with Crippen molar-refractivity contribution in [3.05, 3.63) is 24.3 Å². The Labute approximate surface area is 139 Å². The summed E-state index contributed by atoms with van der Waals surface area (Å²) < 4.78 is 10.8. The van der Waals surface area contributed by atoms with Gasteiger partial charge in [0.25, 0.3) is 0 Å². The Hall–Kier alpha value is -1.71. The highest BCUT2D eigenvalue weighted by Crippen LogP contribution is 2.29. The minimum atomic E-state index is 0.147. The predicted octanol–water partition coefficient (Wildman–Crippen LogP) is 3.80. The number of carbonyl (C=O) groups excluding carboxylic acids is 1. The molecule has 1 aromatic carbocycles. The number of nitrogens with one attached hydrogen (secondary N) is 1. The van der Waals surface area contributed by atoms with Crippen molar-refractivity contribution in [3.8, 4) is 11.5 Å². The Morgan fingerprint density at radius 2 is 1.87 bits per heavy atom. The first kappa shape index (κ1) is 17.6. The standard InChI is InChI=1S/C19H29NO3/c1-14-6-4-7-18(15(14)2)20-19(21)8-5-13-23-17-11-9-16(22-3)10-12-17/h9-12,14-15,18H,4-8,13H2,1-3H3,(H,20,21)/t14-,15-,18+/m0/s1. The molecule has 3 atom stereocenters. The molecule has 1 N–H and O–H groups in total. The van der Waals surface area contributed by atoms with Gasteiger partial charge in [-0.2, -0.15) is 0 Å². The van der Waals surface area contributed by atoms with Crippen LogP contribution in [0.4, 0.5) is 0 Å². The van der Waals surface area contributed by atoms with Crippen LogP contribution >= 0.6 is 0 Å². The Kier molecular flexibility index (Phi) is 6.75. The average molecular weight is 319 g/mol. The van der Waals surface area contributed by atoms with Gasteiger partial charge in [-0.25, -0.2) is 0 Å². The summed E-state index contributed by atoms with van der Waals surface area (Å²) >= 11 is 0. The lowest BCUT2D eigenvalue weighted by atomic mass is 9.78. The molecule has 0 heterocycles. The maximum Gasteiger partial charge on any atom is 0.220 e. The summed E-state index contributed by atoms with van der Waals surface area (Å²) in [5.41, 5.74) is 0. The van der Waals surface area contributed by atoms with E-state index in [2.05, 4.69) is 19.2 Å². The molecule has 2 rings (SSSR count). The average Bonchev–Trinajstić information content (AvgIpc) is 2.56. The fraction of sp³-hybridized carbons (Fsp3) is 0.632. The van der Waals surface area contributed by atoms with Crippen molar-refractivity contribution in [2.75, 3.05) is 13.7 Å². The number of amides is 1. The molecule has 1 aliphatic rings. The van der Waals surface area contributed by atoms with Crippen molar-refractivity contribution in [1.82, 2.24) is 5.32 Å². The monoisotopic (exact) mass is 319 g/mol. The van der Waals surface area contributed by atoms with E-state index in [9.17, 15) is 4.79 Å². The van der Waals surface area contributed by atoms with Crippen LogP contribution in [0.5, 0.6) is 11.5 Å². The summed E-state index contributed by atoms with van der Waals surface area (Å²) in [7, 11) is 1.64. The lowest BCUT2D eigenvalue weighted by molar-refractivity contribution is -0.122. The highest BCUT2D eigenvalue weighted by atomic mass is 16.5. The molecule has 1 saturated carbocycles. The molecule has 23 heavy (non-hydrogen) atoms. The van der Waals surface area contributed by atoms with Gasteiger partial charge in [0.15, 0.2) is 0 Å². The molecular formula is C19H29NO3. The lowest BCUT2D eigenvalue weighted by Gasteiger charge is -2.34. The summed E-state index contributed by atoms with van der Waals surface area (Å²) in [6.45, 7) is 5.09. The van der Waals surface area contributed by atoms with Gasteiger partial charge in [-0.1, -0.05) is 26.7 Å². The van der Waals surface area contributed by atoms with Gasteiger partial charge in [0.2, 0.25) is 5.91 Å². The topological polar surface area (TPSA) is 47.6 Å². The highest BCUT2D eigenvalue weighted by molar-refractivity contribution is 5.76. The van der Waals surface area contributed by atoms with Crippen molar-refractivity contribution in [2.24, 2.45) is 11.8 Å². The number of benzene rings is 1. The van der Waals surface area contributed by atoms with Crippen LogP contribution in [0.15, 0.2) is 24.3 Å². The quantitative estimate of drug-likeness (QED) is 0.778. The summed E-state index contributed by atoms with van der Waals surface area (Å²) in [5, 5.41) is 3.20. The Morgan fingerprint density at radius 3 is 2.57 bits per heavy atom. The van der Waals surface area contributed by atoms with Crippen LogP contribution in [-0.2, 0) is 4.79 Å². The SMILES string of the molecule is COc1ccc(OCCCC(=O)N[C@@H]2CCC[C@H](C)[C@@H]2C)cc1. The van der Waals surface area contributed by atoms with E-state index in [0.717, 1.165) is 24.3 Å². The number of carbonyl (C=O) groups is 1. The second-order valence-corrected chi connectivity index (χ2v) is 6.57. The molecule has 0 aliphatic heterocycles. The maximum atomic E-state index is 12.1. The summed E-state index contributed by atoms with van der Waals surface area (Å²) in [6.07, 6.45) is 4.86. The van der Waals surface area contributed by atoms with E-state index in [1.54, 1.807) is 7.11 Å². The van der Waals surface area contributed by atoms with Gasteiger partial charge in [-0.05, 0) is 48.9 Å². The molecule has 128 valence electrons. The summed E-state index contributed by atoms with van der Waals surface area (Å²) in [5.74, 6) is 3.04. The fourth-order valence-corrected chi connectivity index (χ4v) is 3.16. The largest absolute Gasteiger partial charge is 0.497 e. The van der Waals surface area contributed by atoms with Gasteiger partial charge in [-0.3, -0.25) is 4.79 Å². The minimum absolute atomic E-state index is 0.147. The lowest BCUT2D eigenvalue weighted by Crippen LogP contribution is -2.43. The number of methoxy groups -OCH3 is 1. The normalized spacial score (nSPS) is 24.0. The maximum absolute atomic E-state index is 12.1. The molecule has 0 aromatic heterocycles. The van der Waals surface area contributed by atoms with E-state index in [-0.39, 0.29) is 5.91 Å². The zero-order valence-corrected chi connectivity index (χ0v) is 14.5. The highest BCUT2D eigenvalue weighted by Gasteiger charge is 2.27. The second kappa shape index (κ2) is 8.80. The zero-order valence-electron chi connectivity index (χ0n) is 14.5. The van der Waals surface area contributed by atoms with Gasteiger partial charge in [0.05, 0.1) is 13.7 Å². The van der Waals surface area contributed by atoms with E-state index in [1.165, 1.54) is 12.8 Å². The van der Waals surface area contributed by atoms with E-state index < -0.39 is 0 Å². The first-order valence-corrected chi connectivity index (χ1v) is 8.66. The van der Waals surface area contributed by atoms with Crippen molar-refractivity contribution < 1.29 is 14.3 Å². The van der Waals surface area contributed by atoms with Crippen molar-refractivity contribution in [1.29, 1.82) is 0 Å². The molecule has 0 radical (unpaired) electrons. The molecule has 0 unspecified atom stereocenters. The zero-order chi connectivity index (χ0) is 16.7. The van der Waals surface area contributed by atoms with Crippen LogP contribution in [0, 0.1) is 11.8 Å². The molecule has 0 saturated heterocycles. The van der Waals surface area contributed by atoms with Crippen LogP contribution in [0.3, 0.4) is 0 Å². The molecular weight excluding hydrogens is 290 g/mol. The minimum Gasteiger partial charge on any atom is -0.497 e. The molecule has 1 fully saturated rings. The van der Waals surface area contributed by atoms with Crippen molar-refractivity contribution in [3.63, 3.8) is 0 Å². The number of ether oxygens (including phenoxy) is 2. The first-order chi connectivity index (χ1) is 11.1. The van der Waals surface area contributed by atoms with Gasteiger partial charge in [0, 0.05) is 12.5 Å². The summed E-state index contributed by atoms with van der Waals surface area (Å²) in [6, 6.07) is 7.84. The number of hydrogen-bond acceptors (Lipinski definition) is 3. The van der Waals surface area contributed by atoms with Crippen molar-refractivity contribution >= 4 is 5.91 Å². The van der Waals surface area contributed by atoms with Crippen LogP contribution in [0.25, 0.3) is 0 Å². The Bertz CT molecular complexity index is 486. The van der Waals surface area contributed by atoms with Crippen molar-refractivity contribution in [2.45, 2.75) is 52.0 Å². The molecule has 1 aromatic rings. The van der Waals surface area contributed by atoms with E-state index in [0.29, 0.717) is 30.9 Å². The molecule has 0 spiro atoms. The van der Waals surface area contributed by atoms with Gasteiger partial charge in [-0.15, -0.1) is 0 Å². The van der Waals surface area contributed by atoms with E-state index >= 15 is 0 Å². The first-order valence-electron chi connectivity index (χ1n) is 8.66. The van der Waals surface area contributed by atoms with Gasteiger partial charge in [0.1, 0.15) is 11.5 Å². The van der Waals surface area contributed by atoms with E-state index in [1.807, 2.05) is 24.3 Å².